The number of hydrogen-bond donors (Lipinski definition) is 1. The predicted octanol–water partition coefficient (Wildman–Crippen LogP) is 3.59. The lowest BCUT2D eigenvalue weighted by atomic mass is 9.74. The highest BCUT2D eigenvalue weighted by molar-refractivity contribution is 5.56. The Morgan fingerprint density at radius 1 is 1.21 bits per heavy atom. The van der Waals surface area contributed by atoms with E-state index in [1.165, 1.54) is 24.1 Å². The van der Waals surface area contributed by atoms with Gasteiger partial charge in [-0.05, 0) is 50.7 Å². The summed E-state index contributed by atoms with van der Waals surface area (Å²) in [7, 11) is 0. The second kappa shape index (κ2) is 4.82. The molecule has 1 aliphatic rings. The van der Waals surface area contributed by atoms with E-state index in [1.807, 2.05) is 0 Å². The van der Waals surface area contributed by atoms with E-state index in [0.717, 1.165) is 6.54 Å². The summed E-state index contributed by atoms with van der Waals surface area (Å²) in [6, 6.07) is 9.39. The first-order valence-corrected chi connectivity index (χ1v) is 7.36. The van der Waals surface area contributed by atoms with Gasteiger partial charge >= 0.3 is 0 Å². The van der Waals surface area contributed by atoms with Crippen molar-refractivity contribution in [3.05, 3.63) is 29.8 Å². The molecule has 0 aliphatic carbocycles. The lowest BCUT2D eigenvalue weighted by Crippen LogP contribution is -2.55. The van der Waals surface area contributed by atoms with E-state index in [9.17, 15) is 0 Å². The number of para-hydroxylation sites is 1. The number of benzene rings is 1. The summed E-state index contributed by atoms with van der Waals surface area (Å²) in [5.41, 5.74) is 9.14. The Labute approximate surface area is 118 Å². The maximum Gasteiger partial charge on any atom is 0.0401 e. The minimum atomic E-state index is -0.181. The fourth-order valence-corrected chi connectivity index (χ4v) is 2.63. The van der Waals surface area contributed by atoms with Gasteiger partial charge in [-0.3, -0.25) is 0 Å². The van der Waals surface area contributed by atoms with Crippen molar-refractivity contribution in [2.24, 2.45) is 11.1 Å². The molecule has 1 aliphatic heterocycles. The van der Waals surface area contributed by atoms with Crippen molar-refractivity contribution < 1.29 is 0 Å². The Bertz CT molecular complexity index is 443. The summed E-state index contributed by atoms with van der Waals surface area (Å²) in [5, 5.41) is 0. The van der Waals surface area contributed by atoms with Gasteiger partial charge in [-0.25, -0.2) is 0 Å². The van der Waals surface area contributed by atoms with Crippen LogP contribution in [0.4, 0.5) is 5.69 Å². The normalized spacial score (nSPS) is 20.3. The van der Waals surface area contributed by atoms with Crippen LogP contribution in [0.2, 0.25) is 0 Å². The zero-order valence-electron chi connectivity index (χ0n) is 13.0. The maximum atomic E-state index is 6.37. The van der Waals surface area contributed by atoms with E-state index < -0.39 is 0 Å². The number of anilines is 1. The molecule has 2 heteroatoms. The van der Waals surface area contributed by atoms with Crippen LogP contribution in [0, 0.1) is 5.41 Å². The average Bonchev–Trinajstić information content (AvgIpc) is 2.31. The number of nitrogens with two attached hydrogens (primary N) is 1. The van der Waals surface area contributed by atoms with Crippen LogP contribution in [-0.4, -0.2) is 18.1 Å². The predicted molar refractivity (Wildman–Crippen MR) is 83.6 cm³/mol. The van der Waals surface area contributed by atoms with Crippen LogP contribution in [0.5, 0.6) is 0 Å². The molecule has 0 amide bonds. The smallest absolute Gasteiger partial charge is 0.0401 e. The van der Waals surface area contributed by atoms with E-state index in [4.69, 9.17) is 5.73 Å². The van der Waals surface area contributed by atoms with E-state index in [-0.39, 0.29) is 11.0 Å². The van der Waals surface area contributed by atoms with Crippen LogP contribution in [0.15, 0.2) is 24.3 Å². The lowest BCUT2D eigenvalue weighted by molar-refractivity contribution is 0.202. The zero-order chi connectivity index (χ0) is 14.3. The second-order valence-corrected chi connectivity index (χ2v) is 7.25. The van der Waals surface area contributed by atoms with Crippen molar-refractivity contribution in [2.75, 3.05) is 11.4 Å². The maximum absolute atomic E-state index is 6.37. The minimum absolute atomic E-state index is 0.0751. The highest BCUT2D eigenvalue weighted by atomic mass is 15.2. The molecule has 1 atom stereocenters. The third kappa shape index (κ3) is 2.79. The molecule has 0 aromatic heterocycles. The van der Waals surface area contributed by atoms with Crippen LogP contribution in [0.1, 0.15) is 46.6 Å². The molecule has 0 fully saturated rings. The van der Waals surface area contributed by atoms with E-state index in [1.54, 1.807) is 0 Å². The van der Waals surface area contributed by atoms with Gasteiger partial charge in [0.15, 0.2) is 0 Å². The molecule has 1 heterocycles. The van der Waals surface area contributed by atoms with Gasteiger partial charge in [0, 0.05) is 23.8 Å². The summed E-state index contributed by atoms with van der Waals surface area (Å²) in [4.78, 5) is 2.55. The van der Waals surface area contributed by atoms with Crippen molar-refractivity contribution in [3.63, 3.8) is 0 Å². The summed E-state index contributed by atoms with van der Waals surface area (Å²) >= 11 is 0. The number of rotatable bonds is 3. The molecule has 1 aromatic carbocycles. The quantitative estimate of drug-likeness (QED) is 0.900. The van der Waals surface area contributed by atoms with Gasteiger partial charge in [0.1, 0.15) is 0 Å². The molecule has 2 rings (SSSR count). The third-order valence-electron chi connectivity index (χ3n) is 4.97. The largest absolute Gasteiger partial charge is 0.368 e. The van der Waals surface area contributed by atoms with Gasteiger partial charge < -0.3 is 10.6 Å². The number of hydrogen-bond acceptors (Lipinski definition) is 2. The summed E-state index contributed by atoms with van der Waals surface area (Å²) < 4.78 is 0. The molecule has 0 spiro atoms. The fraction of sp³-hybridized carbons (Fsp3) is 0.647. The Morgan fingerprint density at radius 2 is 1.84 bits per heavy atom. The van der Waals surface area contributed by atoms with Gasteiger partial charge in [-0.1, -0.05) is 32.0 Å². The molecule has 0 radical (unpaired) electrons. The topological polar surface area (TPSA) is 29.3 Å². The van der Waals surface area contributed by atoms with Gasteiger partial charge in [0.05, 0.1) is 0 Å². The van der Waals surface area contributed by atoms with Gasteiger partial charge in [0.25, 0.3) is 0 Å². The monoisotopic (exact) mass is 260 g/mol. The SMILES string of the molecule is CC1CCc2ccccc2N1CC(C)(C)C(C)(C)N. The summed E-state index contributed by atoms with van der Waals surface area (Å²) in [5.74, 6) is 0. The first kappa shape index (κ1) is 14.4. The minimum Gasteiger partial charge on any atom is -0.368 e. The first-order chi connectivity index (χ1) is 8.72. The Morgan fingerprint density at radius 3 is 2.47 bits per heavy atom. The van der Waals surface area contributed by atoms with Crippen molar-refractivity contribution in [3.8, 4) is 0 Å². The molecule has 2 nitrogen and oxygen atoms in total. The highest BCUT2D eigenvalue weighted by Gasteiger charge is 2.37. The number of nitrogens with zero attached hydrogens (tertiary/aromatic N) is 1. The standard InChI is InChI=1S/C17H28N2/c1-13-10-11-14-8-6-7-9-15(14)19(13)12-16(2,3)17(4,5)18/h6-9,13H,10-12,18H2,1-5H3. The second-order valence-electron chi connectivity index (χ2n) is 7.25. The van der Waals surface area contributed by atoms with Crippen LogP contribution in [0.3, 0.4) is 0 Å². The Kier molecular flexibility index (Phi) is 3.65. The average molecular weight is 260 g/mol. The molecule has 0 saturated heterocycles. The third-order valence-corrected chi connectivity index (χ3v) is 4.97. The van der Waals surface area contributed by atoms with Crippen molar-refractivity contribution in [1.29, 1.82) is 0 Å². The Balaban J connectivity index is 2.30. The zero-order valence-corrected chi connectivity index (χ0v) is 13.0. The molecule has 0 bridgehead atoms. The van der Waals surface area contributed by atoms with Gasteiger partial charge in [-0.15, -0.1) is 0 Å². The molecular formula is C17H28N2. The highest BCUT2D eigenvalue weighted by Crippen LogP contribution is 2.36. The first-order valence-electron chi connectivity index (χ1n) is 7.36. The molecule has 2 N–H and O–H groups in total. The Hall–Kier alpha value is -1.02. The number of aryl methyl sites for hydroxylation is 1. The lowest BCUT2D eigenvalue weighted by Gasteiger charge is -2.46. The van der Waals surface area contributed by atoms with E-state index in [0.29, 0.717) is 6.04 Å². The van der Waals surface area contributed by atoms with Crippen molar-refractivity contribution >= 4 is 5.69 Å². The van der Waals surface area contributed by atoms with Crippen LogP contribution >= 0.6 is 0 Å². The van der Waals surface area contributed by atoms with Gasteiger partial charge in [-0.2, -0.15) is 0 Å². The number of fused-ring (bicyclic) bond motifs is 1. The van der Waals surface area contributed by atoms with Crippen molar-refractivity contribution in [2.45, 2.75) is 59.0 Å². The van der Waals surface area contributed by atoms with Crippen LogP contribution in [-0.2, 0) is 6.42 Å². The van der Waals surface area contributed by atoms with Crippen LogP contribution < -0.4 is 10.6 Å². The summed E-state index contributed by atoms with van der Waals surface area (Å²) in [6.07, 6.45) is 2.43. The van der Waals surface area contributed by atoms with Gasteiger partial charge in [0.2, 0.25) is 0 Å². The molecule has 106 valence electrons. The van der Waals surface area contributed by atoms with E-state index in [2.05, 4.69) is 63.8 Å². The molecule has 19 heavy (non-hydrogen) atoms. The van der Waals surface area contributed by atoms with E-state index >= 15 is 0 Å². The summed E-state index contributed by atoms with van der Waals surface area (Å²) in [6.45, 7) is 12.2. The molecular weight excluding hydrogens is 232 g/mol. The van der Waals surface area contributed by atoms with Crippen molar-refractivity contribution in [1.82, 2.24) is 0 Å². The molecule has 0 saturated carbocycles. The van der Waals surface area contributed by atoms with Crippen LogP contribution in [0.25, 0.3) is 0 Å². The molecule has 1 unspecified atom stereocenters. The fourth-order valence-electron chi connectivity index (χ4n) is 2.63. The molecule has 1 aromatic rings.